The van der Waals surface area contributed by atoms with Crippen LogP contribution in [0.15, 0.2) is 66.0 Å². The van der Waals surface area contributed by atoms with Gasteiger partial charge in [-0.3, -0.25) is 4.79 Å². The number of amides is 1. The zero-order valence-corrected chi connectivity index (χ0v) is 16.9. The molecule has 4 rings (SSSR count). The molecule has 0 saturated heterocycles. The van der Waals surface area contributed by atoms with Crippen LogP contribution >= 0.6 is 34.3 Å². The van der Waals surface area contributed by atoms with Gasteiger partial charge >= 0.3 is 0 Å². The highest BCUT2D eigenvalue weighted by Crippen LogP contribution is 2.35. The number of thiazole rings is 1. The molecule has 0 aliphatic rings. The second kappa shape index (κ2) is 8.22. The number of anilines is 1. The second-order valence-corrected chi connectivity index (χ2v) is 8.44. The van der Waals surface area contributed by atoms with Crippen molar-refractivity contribution in [3.05, 3.63) is 82.4 Å². The highest BCUT2D eigenvalue weighted by molar-refractivity contribution is 7.19. The highest BCUT2D eigenvalue weighted by atomic mass is 35.5. The van der Waals surface area contributed by atoms with E-state index in [0.29, 0.717) is 10.2 Å². The van der Waals surface area contributed by atoms with Crippen LogP contribution < -0.4 is 5.32 Å². The Balaban J connectivity index is 1.44. The molecule has 1 N–H and O–H groups in total. The maximum absolute atomic E-state index is 13.4. The van der Waals surface area contributed by atoms with E-state index in [-0.39, 0.29) is 18.1 Å². The minimum atomic E-state index is -0.258. The summed E-state index contributed by atoms with van der Waals surface area (Å²) in [6.07, 6.45) is 0.259. The molecule has 7 heteroatoms. The minimum Gasteiger partial charge on any atom is -0.302 e. The normalized spacial score (nSPS) is 10.8. The van der Waals surface area contributed by atoms with E-state index in [1.165, 1.54) is 34.8 Å². The zero-order valence-electron chi connectivity index (χ0n) is 14.5. The van der Waals surface area contributed by atoms with Gasteiger partial charge in [0.05, 0.1) is 17.0 Å². The fourth-order valence-electron chi connectivity index (χ4n) is 2.67. The first-order valence-electron chi connectivity index (χ1n) is 8.43. The Kier molecular flexibility index (Phi) is 5.52. The van der Waals surface area contributed by atoms with Crippen molar-refractivity contribution in [1.29, 1.82) is 0 Å². The van der Waals surface area contributed by atoms with Crippen LogP contribution in [0, 0.1) is 5.82 Å². The molecule has 0 aliphatic carbocycles. The lowest BCUT2D eigenvalue weighted by molar-refractivity contribution is -0.115. The van der Waals surface area contributed by atoms with E-state index in [4.69, 9.17) is 11.6 Å². The molecular weight excluding hydrogens is 415 g/mol. The Morgan fingerprint density at radius 1 is 1.07 bits per heavy atom. The van der Waals surface area contributed by atoms with Crippen LogP contribution in [0.1, 0.15) is 5.56 Å². The molecule has 1 amide bonds. The molecule has 2 heterocycles. The van der Waals surface area contributed by atoms with Crippen molar-refractivity contribution in [3.63, 3.8) is 0 Å². The van der Waals surface area contributed by atoms with Crippen LogP contribution in [0.25, 0.3) is 21.0 Å². The van der Waals surface area contributed by atoms with E-state index < -0.39 is 0 Å². The van der Waals surface area contributed by atoms with Crippen LogP contribution in [0.3, 0.4) is 0 Å². The minimum absolute atomic E-state index is 0.130. The van der Waals surface area contributed by atoms with E-state index in [1.54, 1.807) is 18.2 Å². The predicted molar refractivity (Wildman–Crippen MR) is 115 cm³/mol. The summed E-state index contributed by atoms with van der Waals surface area (Å²) < 4.78 is 13.4. The van der Waals surface area contributed by atoms with Crippen molar-refractivity contribution in [1.82, 2.24) is 4.98 Å². The van der Waals surface area contributed by atoms with Gasteiger partial charge in [-0.2, -0.15) is 0 Å². The number of aromatic nitrogens is 1. The summed E-state index contributed by atoms with van der Waals surface area (Å²) in [6.45, 7) is 0. The van der Waals surface area contributed by atoms with Crippen LogP contribution in [0.5, 0.6) is 0 Å². The number of rotatable bonds is 5. The van der Waals surface area contributed by atoms with Crippen LogP contribution in [0.2, 0.25) is 5.02 Å². The predicted octanol–water partition coefficient (Wildman–Crippen LogP) is 6.51. The van der Waals surface area contributed by atoms with E-state index in [2.05, 4.69) is 10.3 Å². The monoisotopic (exact) mass is 428 g/mol. The van der Waals surface area contributed by atoms with E-state index in [9.17, 15) is 9.18 Å². The Hall–Kier alpha value is -2.54. The molecule has 140 valence electrons. The van der Waals surface area contributed by atoms with Gasteiger partial charge in [0.25, 0.3) is 0 Å². The number of carbonyl (C=O) groups excluding carboxylic acids is 1. The summed E-state index contributed by atoms with van der Waals surface area (Å²) in [7, 11) is 0. The number of benzene rings is 2. The second-order valence-electron chi connectivity index (χ2n) is 6.06. The lowest BCUT2D eigenvalue weighted by atomic mass is 10.1. The van der Waals surface area contributed by atoms with Crippen LogP contribution in [0.4, 0.5) is 9.52 Å². The summed E-state index contributed by atoms with van der Waals surface area (Å²) in [4.78, 5) is 18.7. The summed E-state index contributed by atoms with van der Waals surface area (Å²) in [5.74, 6) is -0.387. The third-order valence-corrected chi connectivity index (χ3v) is 6.16. The first-order valence-corrected chi connectivity index (χ1v) is 10.5. The number of halogens is 2. The molecule has 0 spiro atoms. The molecule has 0 atom stereocenters. The van der Waals surface area contributed by atoms with Crippen molar-refractivity contribution < 1.29 is 9.18 Å². The first kappa shape index (κ1) is 18.8. The summed E-state index contributed by atoms with van der Waals surface area (Å²) in [5, 5.41) is 5.93. The molecule has 2 aromatic heterocycles. The van der Waals surface area contributed by atoms with Gasteiger partial charge in [0.15, 0.2) is 5.13 Å². The van der Waals surface area contributed by atoms with Crippen molar-refractivity contribution in [2.75, 3.05) is 5.32 Å². The van der Waals surface area contributed by atoms with Crippen molar-refractivity contribution in [2.45, 2.75) is 6.42 Å². The maximum atomic E-state index is 13.4. The van der Waals surface area contributed by atoms with Gasteiger partial charge in [0.1, 0.15) is 5.82 Å². The Morgan fingerprint density at radius 2 is 1.86 bits per heavy atom. The maximum Gasteiger partial charge on any atom is 0.230 e. The molecule has 28 heavy (non-hydrogen) atoms. The molecule has 2 aromatic carbocycles. The quantitative estimate of drug-likeness (QED) is 0.393. The third kappa shape index (κ3) is 4.47. The summed E-state index contributed by atoms with van der Waals surface area (Å²) >= 11 is 8.77. The van der Waals surface area contributed by atoms with Gasteiger partial charge in [0, 0.05) is 15.3 Å². The topological polar surface area (TPSA) is 42.0 Å². The lowest BCUT2D eigenvalue weighted by Crippen LogP contribution is -2.14. The number of carbonyl (C=O) groups is 1. The van der Waals surface area contributed by atoms with Gasteiger partial charge in [-0.1, -0.05) is 35.9 Å². The molecular formula is C21H14ClFN2OS2. The van der Waals surface area contributed by atoms with Crippen molar-refractivity contribution in [3.8, 4) is 21.0 Å². The SMILES string of the molecule is O=C(Cc1ccc(Cl)cc1)Nc1nc(-c2ccc(-c3cccc(F)c3)s2)cs1. The average molecular weight is 429 g/mol. The van der Waals surface area contributed by atoms with Crippen molar-refractivity contribution >= 4 is 45.3 Å². The summed E-state index contributed by atoms with van der Waals surface area (Å²) in [5.41, 5.74) is 2.51. The Morgan fingerprint density at radius 3 is 2.64 bits per heavy atom. The number of nitrogens with zero attached hydrogens (tertiary/aromatic N) is 1. The van der Waals surface area contributed by atoms with E-state index in [0.717, 1.165) is 26.6 Å². The lowest BCUT2D eigenvalue weighted by Gasteiger charge is -2.02. The summed E-state index contributed by atoms with van der Waals surface area (Å²) in [6, 6.07) is 17.6. The molecule has 0 saturated carbocycles. The van der Waals surface area contributed by atoms with E-state index in [1.807, 2.05) is 35.7 Å². The first-order chi connectivity index (χ1) is 13.6. The zero-order chi connectivity index (χ0) is 19.5. The standard InChI is InChI=1S/C21H14ClFN2OS2/c22-15-6-4-13(5-7-15)10-20(26)25-21-24-17(12-27-21)19-9-8-18(28-19)14-2-1-3-16(23)11-14/h1-9,11-12H,10H2,(H,24,25,26). The molecule has 4 aromatic rings. The fourth-order valence-corrected chi connectivity index (χ4v) is 4.56. The molecule has 0 radical (unpaired) electrons. The largest absolute Gasteiger partial charge is 0.302 e. The smallest absolute Gasteiger partial charge is 0.230 e. The molecule has 0 fully saturated rings. The van der Waals surface area contributed by atoms with Crippen LogP contribution in [-0.4, -0.2) is 10.9 Å². The van der Waals surface area contributed by atoms with E-state index >= 15 is 0 Å². The third-order valence-electron chi connectivity index (χ3n) is 4.00. The fraction of sp³-hybridized carbons (Fsp3) is 0.0476. The van der Waals surface area contributed by atoms with Gasteiger partial charge < -0.3 is 5.32 Å². The molecule has 3 nitrogen and oxygen atoms in total. The number of hydrogen-bond donors (Lipinski definition) is 1. The van der Waals surface area contributed by atoms with Gasteiger partial charge in [0.2, 0.25) is 5.91 Å². The van der Waals surface area contributed by atoms with Gasteiger partial charge in [-0.15, -0.1) is 22.7 Å². The van der Waals surface area contributed by atoms with Crippen LogP contribution in [-0.2, 0) is 11.2 Å². The number of thiophene rings is 1. The van der Waals surface area contributed by atoms with Gasteiger partial charge in [-0.05, 0) is 47.5 Å². The molecule has 0 unspecified atom stereocenters. The average Bonchev–Trinajstić information content (AvgIpc) is 3.33. The number of nitrogens with one attached hydrogen (secondary N) is 1. The Labute approximate surface area is 174 Å². The Bertz CT molecular complexity index is 1120. The number of hydrogen-bond acceptors (Lipinski definition) is 4. The highest BCUT2D eigenvalue weighted by Gasteiger charge is 2.11. The van der Waals surface area contributed by atoms with Crippen molar-refractivity contribution in [2.24, 2.45) is 0 Å². The van der Waals surface area contributed by atoms with Gasteiger partial charge in [-0.25, -0.2) is 9.37 Å². The molecule has 0 aliphatic heterocycles. The molecule has 0 bridgehead atoms.